The van der Waals surface area contributed by atoms with E-state index in [1.807, 2.05) is 6.92 Å². The van der Waals surface area contributed by atoms with Gasteiger partial charge in [-0.25, -0.2) is 0 Å². The second kappa shape index (κ2) is 9.38. The number of carbonyl (C=O) groups is 1. The van der Waals surface area contributed by atoms with Crippen molar-refractivity contribution in [2.75, 3.05) is 39.4 Å². The minimum absolute atomic E-state index is 0.0865. The molecule has 2 N–H and O–H groups in total. The number of rotatable bonds is 7. The van der Waals surface area contributed by atoms with Crippen molar-refractivity contribution in [2.24, 2.45) is 0 Å². The maximum absolute atomic E-state index is 12.1. The summed E-state index contributed by atoms with van der Waals surface area (Å²) in [5.41, 5.74) is 0. The molecule has 0 radical (unpaired) electrons. The molecule has 2 aliphatic rings. The summed E-state index contributed by atoms with van der Waals surface area (Å²) in [4.78, 5) is 14.5. The smallest absolute Gasteiger partial charge is 0.237 e. The Kier molecular flexibility index (Phi) is 7.47. The standard InChI is InChI=1S/C16H31N3O2/c1-14(16(20)18-15-6-3-2-4-7-15)17-8-5-9-19-10-12-21-13-11-19/h14-15,17H,2-13H2,1H3,(H,18,20)/t14-/m1/s1. The van der Waals surface area contributed by atoms with Crippen LogP contribution < -0.4 is 10.6 Å². The summed E-state index contributed by atoms with van der Waals surface area (Å²) < 4.78 is 5.34. The van der Waals surface area contributed by atoms with E-state index in [4.69, 9.17) is 4.74 Å². The quantitative estimate of drug-likeness (QED) is 0.692. The van der Waals surface area contributed by atoms with Crippen LogP contribution in [-0.2, 0) is 9.53 Å². The lowest BCUT2D eigenvalue weighted by Crippen LogP contribution is -2.47. The van der Waals surface area contributed by atoms with Gasteiger partial charge in [0.25, 0.3) is 0 Å². The molecule has 5 heteroatoms. The first-order valence-corrected chi connectivity index (χ1v) is 8.59. The molecule has 0 aromatic heterocycles. The minimum atomic E-state index is -0.0865. The molecule has 2 fully saturated rings. The van der Waals surface area contributed by atoms with Crippen molar-refractivity contribution in [1.29, 1.82) is 0 Å². The second-order valence-electron chi connectivity index (χ2n) is 6.33. The highest BCUT2D eigenvalue weighted by Gasteiger charge is 2.19. The SMILES string of the molecule is C[C@@H](NCCCN1CCOCC1)C(=O)NC1CCCCC1. The van der Waals surface area contributed by atoms with Gasteiger partial charge in [0.2, 0.25) is 5.91 Å². The van der Waals surface area contributed by atoms with Crippen LogP contribution in [0.4, 0.5) is 0 Å². The predicted octanol–water partition coefficient (Wildman–Crippen LogP) is 1.14. The highest BCUT2D eigenvalue weighted by Crippen LogP contribution is 2.17. The van der Waals surface area contributed by atoms with Crippen molar-refractivity contribution in [3.05, 3.63) is 0 Å². The molecule has 0 bridgehead atoms. The van der Waals surface area contributed by atoms with Gasteiger partial charge in [-0.3, -0.25) is 9.69 Å². The first kappa shape index (κ1) is 16.7. The van der Waals surface area contributed by atoms with Crippen molar-refractivity contribution in [1.82, 2.24) is 15.5 Å². The molecule has 122 valence electrons. The fourth-order valence-electron chi connectivity index (χ4n) is 3.11. The largest absolute Gasteiger partial charge is 0.379 e. The van der Waals surface area contributed by atoms with E-state index < -0.39 is 0 Å². The highest BCUT2D eigenvalue weighted by molar-refractivity contribution is 5.81. The lowest BCUT2D eigenvalue weighted by molar-refractivity contribution is -0.123. The Balaban J connectivity index is 1.53. The minimum Gasteiger partial charge on any atom is -0.379 e. The molecule has 5 nitrogen and oxygen atoms in total. The third-order valence-electron chi connectivity index (χ3n) is 4.55. The van der Waals surface area contributed by atoms with Gasteiger partial charge in [-0.2, -0.15) is 0 Å². The molecule has 1 heterocycles. The van der Waals surface area contributed by atoms with Crippen LogP contribution in [0.25, 0.3) is 0 Å². The molecule has 0 aromatic rings. The zero-order chi connectivity index (χ0) is 14.9. The Morgan fingerprint density at radius 1 is 1.24 bits per heavy atom. The van der Waals surface area contributed by atoms with Gasteiger partial charge < -0.3 is 15.4 Å². The monoisotopic (exact) mass is 297 g/mol. The second-order valence-corrected chi connectivity index (χ2v) is 6.33. The number of hydrogen-bond donors (Lipinski definition) is 2. The maximum Gasteiger partial charge on any atom is 0.237 e. The Bertz CT molecular complexity index is 300. The zero-order valence-corrected chi connectivity index (χ0v) is 13.4. The molecule has 1 atom stereocenters. The van der Waals surface area contributed by atoms with E-state index in [0.29, 0.717) is 6.04 Å². The van der Waals surface area contributed by atoms with Crippen LogP contribution in [0.2, 0.25) is 0 Å². The molecular weight excluding hydrogens is 266 g/mol. The van der Waals surface area contributed by atoms with E-state index in [2.05, 4.69) is 15.5 Å². The Labute approximate surface area is 128 Å². The van der Waals surface area contributed by atoms with Gasteiger partial charge in [-0.05, 0) is 39.3 Å². The predicted molar refractivity (Wildman–Crippen MR) is 84.4 cm³/mol. The molecule has 1 saturated carbocycles. The number of hydrogen-bond acceptors (Lipinski definition) is 4. The molecule has 1 aliphatic heterocycles. The Morgan fingerprint density at radius 3 is 2.67 bits per heavy atom. The third-order valence-corrected chi connectivity index (χ3v) is 4.55. The molecule has 0 aromatic carbocycles. The number of nitrogens with one attached hydrogen (secondary N) is 2. The molecule has 1 amide bonds. The molecule has 2 rings (SSSR count). The molecule has 1 saturated heterocycles. The van der Waals surface area contributed by atoms with Crippen LogP contribution in [0.5, 0.6) is 0 Å². The number of ether oxygens (including phenoxy) is 1. The molecule has 0 spiro atoms. The summed E-state index contributed by atoms with van der Waals surface area (Å²) in [6.45, 7) is 7.74. The summed E-state index contributed by atoms with van der Waals surface area (Å²) in [6.07, 6.45) is 7.21. The van der Waals surface area contributed by atoms with Gasteiger partial charge in [0, 0.05) is 19.1 Å². The van der Waals surface area contributed by atoms with E-state index in [9.17, 15) is 4.79 Å². The fraction of sp³-hybridized carbons (Fsp3) is 0.938. The summed E-state index contributed by atoms with van der Waals surface area (Å²) in [5, 5.41) is 6.52. The summed E-state index contributed by atoms with van der Waals surface area (Å²) >= 11 is 0. The summed E-state index contributed by atoms with van der Waals surface area (Å²) in [5.74, 6) is 0.160. The maximum atomic E-state index is 12.1. The van der Waals surface area contributed by atoms with Crippen molar-refractivity contribution in [2.45, 2.75) is 57.5 Å². The van der Waals surface area contributed by atoms with Crippen molar-refractivity contribution in [3.8, 4) is 0 Å². The van der Waals surface area contributed by atoms with Crippen LogP contribution in [0.3, 0.4) is 0 Å². The van der Waals surface area contributed by atoms with Gasteiger partial charge in [-0.15, -0.1) is 0 Å². The van der Waals surface area contributed by atoms with E-state index in [1.54, 1.807) is 0 Å². The van der Waals surface area contributed by atoms with E-state index >= 15 is 0 Å². The normalized spacial score (nSPS) is 22.9. The van der Waals surface area contributed by atoms with E-state index in [-0.39, 0.29) is 11.9 Å². The lowest BCUT2D eigenvalue weighted by atomic mass is 9.95. The first-order valence-electron chi connectivity index (χ1n) is 8.59. The Hall–Kier alpha value is -0.650. The summed E-state index contributed by atoms with van der Waals surface area (Å²) in [7, 11) is 0. The number of carbonyl (C=O) groups excluding carboxylic acids is 1. The zero-order valence-electron chi connectivity index (χ0n) is 13.4. The molecule has 21 heavy (non-hydrogen) atoms. The van der Waals surface area contributed by atoms with Crippen molar-refractivity contribution >= 4 is 5.91 Å². The summed E-state index contributed by atoms with van der Waals surface area (Å²) in [6, 6.07) is 0.320. The topological polar surface area (TPSA) is 53.6 Å². The van der Waals surface area contributed by atoms with Gasteiger partial charge in [-0.1, -0.05) is 19.3 Å². The Morgan fingerprint density at radius 2 is 1.95 bits per heavy atom. The van der Waals surface area contributed by atoms with Crippen molar-refractivity contribution < 1.29 is 9.53 Å². The highest BCUT2D eigenvalue weighted by atomic mass is 16.5. The average molecular weight is 297 g/mol. The van der Waals surface area contributed by atoms with Crippen LogP contribution in [0.15, 0.2) is 0 Å². The molecule has 0 unspecified atom stereocenters. The van der Waals surface area contributed by atoms with E-state index in [0.717, 1.165) is 58.7 Å². The van der Waals surface area contributed by atoms with Crippen LogP contribution in [0, 0.1) is 0 Å². The van der Waals surface area contributed by atoms with Crippen LogP contribution in [-0.4, -0.2) is 62.3 Å². The number of nitrogens with zero attached hydrogens (tertiary/aromatic N) is 1. The molecule has 1 aliphatic carbocycles. The van der Waals surface area contributed by atoms with Crippen molar-refractivity contribution in [3.63, 3.8) is 0 Å². The third kappa shape index (κ3) is 6.32. The number of morpholine rings is 1. The van der Waals surface area contributed by atoms with Gasteiger partial charge >= 0.3 is 0 Å². The van der Waals surface area contributed by atoms with E-state index in [1.165, 1.54) is 19.3 Å². The average Bonchev–Trinajstić information content (AvgIpc) is 2.53. The fourth-order valence-corrected chi connectivity index (χ4v) is 3.11. The van der Waals surface area contributed by atoms with Gasteiger partial charge in [0.1, 0.15) is 0 Å². The van der Waals surface area contributed by atoms with Gasteiger partial charge in [0.15, 0.2) is 0 Å². The first-order chi connectivity index (χ1) is 10.3. The molecular formula is C16H31N3O2. The van der Waals surface area contributed by atoms with Gasteiger partial charge in [0.05, 0.1) is 19.3 Å². The van der Waals surface area contributed by atoms with Crippen LogP contribution in [0.1, 0.15) is 45.4 Å². The number of amides is 1. The lowest BCUT2D eigenvalue weighted by Gasteiger charge is -2.27. The van der Waals surface area contributed by atoms with Crippen LogP contribution >= 0.6 is 0 Å².